The molecule has 6 nitrogen and oxygen atoms in total. The van der Waals surface area contributed by atoms with E-state index in [1.165, 1.54) is 12.1 Å². The molecule has 2 aromatic carbocycles. The largest absolute Gasteiger partial charge is 0.482 e. The molecule has 0 saturated heterocycles. The van der Waals surface area contributed by atoms with Gasteiger partial charge in [0.1, 0.15) is 11.6 Å². The van der Waals surface area contributed by atoms with Crippen LogP contribution in [0.15, 0.2) is 54.7 Å². The highest BCUT2D eigenvalue weighted by atomic mass is 19.1. The van der Waals surface area contributed by atoms with Crippen molar-refractivity contribution in [2.24, 2.45) is 0 Å². The number of fused-ring (bicyclic) bond motifs is 1. The van der Waals surface area contributed by atoms with Crippen LogP contribution >= 0.6 is 0 Å². The van der Waals surface area contributed by atoms with E-state index in [1.54, 1.807) is 36.5 Å². The molecule has 0 unspecified atom stereocenters. The van der Waals surface area contributed by atoms with Gasteiger partial charge in [0.05, 0.1) is 11.4 Å². The van der Waals surface area contributed by atoms with Gasteiger partial charge in [-0.05, 0) is 42.5 Å². The van der Waals surface area contributed by atoms with Crippen LogP contribution in [-0.2, 0) is 4.79 Å². The molecule has 0 fully saturated rings. The van der Waals surface area contributed by atoms with Gasteiger partial charge in [-0.1, -0.05) is 6.07 Å². The van der Waals surface area contributed by atoms with Gasteiger partial charge in [-0.15, -0.1) is 0 Å². The number of aromatic nitrogens is 2. The number of benzene rings is 2. The van der Waals surface area contributed by atoms with Crippen molar-refractivity contribution in [2.75, 3.05) is 17.2 Å². The van der Waals surface area contributed by atoms with Crippen molar-refractivity contribution in [3.05, 3.63) is 60.5 Å². The fourth-order valence-corrected chi connectivity index (χ4v) is 2.52. The Balaban J connectivity index is 1.63. The molecule has 1 aliphatic rings. The highest BCUT2D eigenvalue weighted by Gasteiger charge is 2.16. The average Bonchev–Trinajstić information content (AvgIpc) is 2.61. The zero-order valence-electron chi connectivity index (χ0n) is 13.0. The van der Waals surface area contributed by atoms with Crippen LogP contribution in [0.2, 0.25) is 0 Å². The number of hydrogen-bond acceptors (Lipinski definition) is 5. The van der Waals surface area contributed by atoms with E-state index < -0.39 is 0 Å². The topological polar surface area (TPSA) is 76.1 Å². The van der Waals surface area contributed by atoms with E-state index in [1.807, 2.05) is 6.07 Å². The molecule has 0 spiro atoms. The Morgan fingerprint density at radius 1 is 1.16 bits per heavy atom. The van der Waals surface area contributed by atoms with Crippen LogP contribution in [0.4, 0.5) is 21.7 Å². The molecule has 0 atom stereocenters. The molecule has 0 radical (unpaired) electrons. The molecular weight excluding hydrogens is 323 g/mol. The lowest BCUT2D eigenvalue weighted by Gasteiger charge is -2.18. The fourth-order valence-electron chi connectivity index (χ4n) is 2.52. The minimum Gasteiger partial charge on any atom is -0.482 e. The molecule has 2 N–H and O–H groups in total. The number of nitrogens with zero attached hydrogens (tertiary/aromatic N) is 2. The summed E-state index contributed by atoms with van der Waals surface area (Å²) >= 11 is 0. The van der Waals surface area contributed by atoms with Crippen molar-refractivity contribution in [2.45, 2.75) is 0 Å². The molecule has 1 aromatic heterocycles. The second kappa shape index (κ2) is 6.20. The first kappa shape index (κ1) is 15.1. The van der Waals surface area contributed by atoms with E-state index in [2.05, 4.69) is 20.6 Å². The molecule has 2 heterocycles. The third-order valence-electron chi connectivity index (χ3n) is 3.64. The summed E-state index contributed by atoms with van der Waals surface area (Å²) in [6.07, 6.45) is 1.61. The first-order chi connectivity index (χ1) is 12.2. The summed E-state index contributed by atoms with van der Waals surface area (Å²) in [4.78, 5) is 20.0. The number of carbonyl (C=O) groups excluding carboxylic acids is 1. The van der Waals surface area contributed by atoms with Crippen molar-refractivity contribution in [3.63, 3.8) is 0 Å². The zero-order valence-corrected chi connectivity index (χ0v) is 13.0. The molecule has 0 bridgehead atoms. The van der Waals surface area contributed by atoms with Gasteiger partial charge in [-0.3, -0.25) is 4.79 Å². The maximum Gasteiger partial charge on any atom is 0.262 e. The second-order valence-electron chi connectivity index (χ2n) is 5.45. The number of carbonyl (C=O) groups is 1. The predicted molar refractivity (Wildman–Crippen MR) is 91.3 cm³/mol. The molecule has 25 heavy (non-hydrogen) atoms. The van der Waals surface area contributed by atoms with Crippen molar-refractivity contribution < 1.29 is 13.9 Å². The van der Waals surface area contributed by atoms with Gasteiger partial charge < -0.3 is 15.4 Å². The summed E-state index contributed by atoms with van der Waals surface area (Å²) < 4.78 is 18.6. The summed E-state index contributed by atoms with van der Waals surface area (Å²) in [5, 5.41) is 5.73. The summed E-state index contributed by atoms with van der Waals surface area (Å²) in [7, 11) is 0. The Morgan fingerprint density at radius 2 is 2.08 bits per heavy atom. The number of rotatable bonds is 3. The van der Waals surface area contributed by atoms with Gasteiger partial charge in [-0.2, -0.15) is 0 Å². The van der Waals surface area contributed by atoms with Crippen LogP contribution in [0.1, 0.15) is 0 Å². The lowest BCUT2D eigenvalue weighted by molar-refractivity contribution is -0.118. The van der Waals surface area contributed by atoms with Gasteiger partial charge in [0.15, 0.2) is 6.61 Å². The highest BCUT2D eigenvalue weighted by molar-refractivity contribution is 5.96. The minimum absolute atomic E-state index is 0.0154. The normalized spacial score (nSPS) is 12.8. The molecule has 7 heteroatoms. The van der Waals surface area contributed by atoms with Crippen LogP contribution in [0.3, 0.4) is 0 Å². The van der Waals surface area contributed by atoms with E-state index in [4.69, 9.17) is 4.74 Å². The smallest absolute Gasteiger partial charge is 0.262 e. The lowest BCUT2D eigenvalue weighted by atomic mass is 10.1. The highest BCUT2D eigenvalue weighted by Crippen LogP contribution is 2.32. The van der Waals surface area contributed by atoms with Gasteiger partial charge >= 0.3 is 0 Å². The molecular formula is C18H13FN4O2. The molecule has 0 aliphatic carbocycles. The van der Waals surface area contributed by atoms with Gasteiger partial charge in [0.2, 0.25) is 5.95 Å². The fraction of sp³-hybridized carbons (Fsp3) is 0.0556. The number of nitrogens with one attached hydrogen (secondary N) is 2. The third-order valence-corrected chi connectivity index (χ3v) is 3.64. The third kappa shape index (κ3) is 3.25. The number of ether oxygens (including phenoxy) is 1. The maximum absolute atomic E-state index is 13.3. The summed E-state index contributed by atoms with van der Waals surface area (Å²) in [6, 6.07) is 13.2. The van der Waals surface area contributed by atoms with Gasteiger partial charge in [0, 0.05) is 17.4 Å². The van der Waals surface area contributed by atoms with Crippen molar-refractivity contribution in [1.29, 1.82) is 0 Å². The number of amides is 1. The van der Waals surface area contributed by atoms with E-state index in [0.29, 0.717) is 28.8 Å². The molecule has 1 amide bonds. The summed E-state index contributed by atoms with van der Waals surface area (Å²) in [5.74, 6) is 0.434. The Bertz CT molecular complexity index is 961. The lowest BCUT2D eigenvalue weighted by Crippen LogP contribution is -2.25. The Hall–Kier alpha value is -3.48. The first-order valence-electron chi connectivity index (χ1n) is 7.60. The SMILES string of the molecule is O=C1COc2ccc(-c3ccnc(Nc4cccc(F)c4)n3)cc2N1. The Kier molecular flexibility index (Phi) is 3.74. The molecule has 124 valence electrons. The van der Waals surface area contributed by atoms with Crippen LogP contribution in [0.5, 0.6) is 5.75 Å². The predicted octanol–water partition coefficient (Wildman–Crippen LogP) is 3.36. The standard InChI is InChI=1S/C18H13FN4O2/c19-12-2-1-3-13(9-12)21-18-20-7-6-14(23-18)11-4-5-16-15(8-11)22-17(24)10-25-16/h1-9H,10H2,(H,22,24)(H,20,21,23). The van der Waals surface area contributed by atoms with Crippen LogP contribution < -0.4 is 15.4 Å². The molecule has 3 aromatic rings. The number of halogens is 1. The molecule has 4 rings (SSSR count). The van der Waals surface area contributed by atoms with E-state index >= 15 is 0 Å². The van der Waals surface area contributed by atoms with Crippen LogP contribution in [0, 0.1) is 5.82 Å². The molecule has 0 saturated carbocycles. The van der Waals surface area contributed by atoms with Crippen molar-refractivity contribution in [1.82, 2.24) is 9.97 Å². The van der Waals surface area contributed by atoms with E-state index in [0.717, 1.165) is 5.56 Å². The second-order valence-corrected chi connectivity index (χ2v) is 5.45. The Morgan fingerprint density at radius 3 is 2.96 bits per heavy atom. The van der Waals surface area contributed by atoms with Gasteiger partial charge in [-0.25, -0.2) is 14.4 Å². The summed E-state index contributed by atoms with van der Waals surface area (Å²) in [5.41, 5.74) is 2.63. The molecule has 1 aliphatic heterocycles. The first-order valence-corrected chi connectivity index (χ1v) is 7.60. The Labute approximate surface area is 142 Å². The quantitative estimate of drug-likeness (QED) is 0.767. The maximum atomic E-state index is 13.3. The van der Waals surface area contributed by atoms with E-state index in [-0.39, 0.29) is 18.3 Å². The number of anilines is 3. The number of hydrogen-bond donors (Lipinski definition) is 2. The van der Waals surface area contributed by atoms with Crippen molar-refractivity contribution in [3.8, 4) is 17.0 Å². The van der Waals surface area contributed by atoms with Crippen LogP contribution in [0.25, 0.3) is 11.3 Å². The minimum atomic E-state index is -0.341. The average molecular weight is 336 g/mol. The van der Waals surface area contributed by atoms with Gasteiger partial charge in [0.25, 0.3) is 5.91 Å². The van der Waals surface area contributed by atoms with Crippen molar-refractivity contribution >= 4 is 23.2 Å². The zero-order chi connectivity index (χ0) is 17.2. The van der Waals surface area contributed by atoms with Crippen LogP contribution in [-0.4, -0.2) is 22.5 Å². The van der Waals surface area contributed by atoms with E-state index in [9.17, 15) is 9.18 Å². The summed E-state index contributed by atoms with van der Waals surface area (Å²) in [6.45, 7) is 0.0154. The monoisotopic (exact) mass is 336 g/mol.